The summed E-state index contributed by atoms with van der Waals surface area (Å²) in [6, 6.07) is 8.09. The van der Waals surface area contributed by atoms with Crippen LogP contribution in [0.15, 0.2) is 30.5 Å². The largest absolute Gasteiger partial charge is 0.241 e. The number of benzene rings is 1. The van der Waals surface area contributed by atoms with Crippen molar-refractivity contribution in [2.75, 3.05) is 0 Å². The van der Waals surface area contributed by atoms with E-state index in [9.17, 15) is 4.39 Å². The fraction of sp³-hybridized carbons (Fsp3) is 0.583. The van der Waals surface area contributed by atoms with Gasteiger partial charge in [0.1, 0.15) is 5.82 Å². The molecule has 1 aromatic carbocycles. The summed E-state index contributed by atoms with van der Waals surface area (Å²) in [5, 5.41) is 0. The van der Waals surface area contributed by atoms with Gasteiger partial charge < -0.3 is 0 Å². The lowest BCUT2D eigenvalue weighted by Gasteiger charge is -2.28. The molecule has 2 nitrogen and oxygen atoms in total. The highest BCUT2D eigenvalue weighted by Gasteiger charge is 2.21. The third-order valence-corrected chi connectivity index (χ3v) is 6.04. The molecule has 146 valence electrons. The first-order valence-electron chi connectivity index (χ1n) is 10.8. The number of hydrogen-bond donors (Lipinski definition) is 0. The molecule has 1 fully saturated rings. The van der Waals surface area contributed by atoms with E-state index in [0.29, 0.717) is 11.4 Å². The monoisotopic (exact) mass is 368 g/mol. The average Bonchev–Trinajstić information content (AvgIpc) is 2.69. The van der Waals surface area contributed by atoms with Gasteiger partial charge in [0.25, 0.3) is 0 Å². The van der Waals surface area contributed by atoms with Crippen molar-refractivity contribution in [3.63, 3.8) is 0 Å². The van der Waals surface area contributed by atoms with Crippen LogP contribution in [-0.2, 0) is 12.8 Å². The lowest BCUT2D eigenvalue weighted by atomic mass is 9.78. The van der Waals surface area contributed by atoms with Crippen molar-refractivity contribution in [2.24, 2.45) is 11.8 Å². The van der Waals surface area contributed by atoms with Crippen molar-refractivity contribution in [3.8, 4) is 11.1 Å². The summed E-state index contributed by atoms with van der Waals surface area (Å²) >= 11 is 0. The summed E-state index contributed by atoms with van der Waals surface area (Å²) in [7, 11) is 0. The van der Waals surface area contributed by atoms with Gasteiger partial charge in [-0.2, -0.15) is 4.39 Å². The number of aromatic nitrogens is 2. The predicted molar refractivity (Wildman–Crippen MR) is 110 cm³/mol. The first kappa shape index (κ1) is 20.0. The van der Waals surface area contributed by atoms with Crippen LogP contribution in [0.3, 0.4) is 0 Å². The van der Waals surface area contributed by atoms with E-state index in [0.717, 1.165) is 43.1 Å². The Balaban J connectivity index is 1.55. The molecule has 3 rings (SSSR count). The van der Waals surface area contributed by atoms with Crippen molar-refractivity contribution in [2.45, 2.75) is 78.1 Å². The zero-order valence-electron chi connectivity index (χ0n) is 16.9. The van der Waals surface area contributed by atoms with E-state index in [4.69, 9.17) is 0 Å². The maximum absolute atomic E-state index is 14.5. The van der Waals surface area contributed by atoms with Gasteiger partial charge in [-0.3, -0.25) is 0 Å². The molecule has 1 heterocycles. The topological polar surface area (TPSA) is 25.8 Å². The maximum atomic E-state index is 14.5. The lowest BCUT2D eigenvalue weighted by molar-refractivity contribution is 0.251. The van der Waals surface area contributed by atoms with Crippen molar-refractivity contribution in [1.82, 2.24) is 9.97 Å². The molecule has 0 amide bonds. The molecule has 0 radical (unpaired) electrons. The van der Waals surface area contributed by atoms with Crippen LogP contribution >= 0.6 is 0 Å². The average molecular weight is 369 g/mol. The van der Waals surface area contributed by atoms with Gasteiger partial charge in [-0.1, -0.05) is 83.1 Å². The van der Waals surface area contributed by atoms with E-state index >= 15 is 0 Å². The minimum Gasteiger partial charge on any atom is -0.241 e. The Hall–Kier alpha value is -1.77. The van der Waals surface area contributed by atoms with Gasteiger partial charge in [-0.25, -0.2) is 9.97 Å². The second-order valence-corrected chi connectivity index (χ2v) is 8.15. The molecular weight excluding hydrogens is 335 g/mol. The molecule has 0 aliphatic heterocycles. The van der Waals surface area contributed by atoms with Crippen LogP contribution in [0.5, 0.6) is 0 Å². The first-order valence-corrected chi connectivity index (χ1v) is 10.8. The minimum absolute atomic E-state index is 0.394. The van der Waals surface area contributed by atoms with Gasteiger partial charge in [-0.15, -0.1) is 0 Å². The zero-order valence-corrected chi connectivity index (χ0v) is 16.9. The van der Waals surface area contributed by atoms with Crippen LogP contribution < -0.4 is 0 Å². The van der Waals surface area contributed by atoms with Crippen molar-refractivity contribution < 1.29 is 4.39 Å². The molecule has 27 heavy (non-hydrogen) atoms. The normalized spacial score (nSPS) is 20.0. The summed E-state index contributed by atoms with van der Waals surface area (Å²) in [4.78, 5) is 8.61. The Morgan fingerprint density at radius 1 is 0.889 bits per heavy atom. The molecule has 0 spiro atoms. The highest BCUT2D eigenvalue weighted by molar-refractivity contribution is 5.62. The molecule has 1 aliphatic rings. The van der Waals surface area contributed by atoms with E-state index in [-0.39, 0.29) is 0 Å². The van der Waals surface area contributed by atoms with E-state index in [1.54, 1.807) is 6.20 Å². The van der Waals surface area contributed by atoms with Crippen LogP contribution in [-0.4, -0.2) is 9.97 Å². The van der Waals surface area contributed by atoms with Crippen molar-refractivity contribution >= 4 is 0 Å². The fourth-order valence-electron chi connectivity index (χ4n) is 4.40. The van der Waals surface area contributed by atoms with Crippen LogP contribution in [0.1, 0.15) is 76.6 Å². The zero-order chi connectivity index (χ0) is 19.1. The van der Waals surface area contributed by atoms with Crippen molar-refractivity contribution in [3.05, 3.63) is 47.8 Å². The highest BCUT2D eigenvalue weighted by atomic mass is 19.1. The van der Waals surface area contributed by atoms with E-state index in [1.807, 2.05) is 12.1 Å². The van der Waals surface area contributed by atoms with Gasteiger partial charge in [0.05, 0.1) is 5.56 Å². The summed E-state index contributed by atoms with van der Waals surface area (Å²) in [6.07, 6.45) is 13.7. The summed E-state index contributed by atoms with van der Waals surface area (Å²) in [6.45, 7) is 4.44. The Kier molecular flexibility index (Phi) is 7.37. The smallest absolute Gasteiger partial charge is 0.224 e. The van der Waals surface area contributed by atoms with Crippen LogP contribution in [0.2, 0.25) is 0 Å². The summed E-state index contributed by atoms with van der Waals surface area (Å²) in [5.74, 6) is 1.95. The van der Waals surface area contributed by atoms with E-state index in [2.05, 4.69) is 35.9 Å². The van der Waals surface area contributed by atoms with Gasteiger partial charge in [0, 0.05) is 12.6 Å². The highest BCUT2D eigenvalue weighted by Crippen LogP contribution is 2.33. The van der Waals surface area contributed by atoms with Gasteiger partial charge in [0.15, 0.2) is 0 Å². The van der Waals surface area contributed by atoms with Crippen LogP contribution in [0.25, 0.3) is 11.1 Å². The quantitative estimate of drug-likeness (QED) is 0.480. The fourth-order valence-corrected chi connectivity index (χ4v) is 4.40. The van der Waals surface area contributed by atoms with Crippen LogP contribution in [0, 0.1) is 17.8 Å². The molecule has 3 heteroatoms. The Morgan fingerprint density at radius 3 is 2.15 bits per heavy atom. The number of halogens is 1. The van der Waals surface area contributed by atoms with E-state index in [1.165, 1.54) is 44.1 Å². The maximum Gasteiger partial charge on any atom is 0.224 e. The minimum atomic E-state index is -0.394. The molecule has 0 bridgehead atoms. The number of aryl methyl sites for hydroxylation is 2. The molecule has 0 atom stereocenters. The Bertz CT molecular complexity index is 703. The SMILES string of the molecule is CCCc1ccc(-c2cnc(CCC3CCC(CCC)CC3)nc2F)cc1. The third kappa shape index (κ3) is 5.60. The summed E-state index contributed by atoms with van der Waals surface area (Å²) < 4.78 is 14.5. The molecule has 1 aromatic heterocycles. The van der Waals surface area contributed by atoms with Crippen LogP contribution in [0.4, 0.5) is 4.39 Å². The molecule has 1 aliphatic carbocycles. The summed E-state index contributed by atoms with van der Waals surface area (Å²) in [5.41, 5.74) is 2.64. The van der Waals surface area contributed by atoms with E-state index < -0.39 is 5.95 Å². The Morgan fingerprint density at radius 2 is 1.56 bits per heavy atom. The second kappa shape index (κ2) is 9.96. The number of rotatable bonds is 8. The lowest BCUT2D eigenvalue weighted by Crippen LogP contribution is -2.15. The number of hydrogen-bond acceptors (Lipinski definition) is 2. The van der Waals surface area contributed by atoms with Gasteiger partial charge in [0.2, 0.25) is 5.95 Å². The molecule has 0 unspecified atom stereocenters. The van der Waals surface area contributed by atoms with Gasteiger partial charge >= 0.3 is 0 Å². The molecule has 0 saturated heterocycles. The Labute approximate surface area is 163 Å². The van der Waals surface area contributed by atoms with Gasteiger partial charge in [-0.05, 0) is 35.8 Å². The number of nitrogens with zero attached hydrogens (tertiary/aromatic N) is 2. The first-order chi connectivity index (χ1) is 13.2. The molecule has 1 saturated carbocycles. The predicted octanol–water partition coefficient (Wildman–Crippen LogP) is 6.77. The molecule has 2 aromatic rings. The molecular formula is C24H33FN2. The second-order valence-electron chi connectivity index (χ2n) is 8.15. The molecule has 0 N–H and O–H groups in total. The standard InChI is InChI=1S/C24H33FN2/c1-3-5-18-7-9-20(10-8-18)13-16-23-26-17-22(24(25)27-23)21-14-11-19(6-4-2)12-15-21/h11-12,14-15,17-18,20H,3-10,13,16H2,1-2H3. The third-order valence-electron chi connectivity index (χ3n) is 6.04. The van der Waals surface area contributed by atoms with Crippen molar-refractivity contribution in [1.29, 1.82) is 0 Å².